The minimum Gasteiger partial charge on any atom is -0.454 e. The maximum Gasteiger partial charge on any atom is 0.228 e. The second kappa shape index (κ2) is 11.4. The Bertz CT molecular complexity index is 3120. The van der Waals surface area contributed by atoms with Gasteiger partial charge in [0.05, 0.1) is 27.7 Å². The summed E-state index contributed by atoms with van der Waals surface area (Å²) in [7, 11) is 0. The molecule has 10 aromatic rings. The minimum atomic E-state index is -2.24. The maximum atomic E-state index is 7.87. The number of para-hydroxylation sites is 1. The Morgan fingerprint density at radius 1 is 0.615 bits per heavy atom. The van der Waals surface area contributed by atoms with Crippen LogP contribution < -0.4 is 0 Å². The molecule has 0 spiro atoms. The highest BCUT2D eigenvalue weighted by molar-refractivity contribution is 6.14. The molecule has 0 amide bonds. The molecule has 5 heteroatoms. The molecule has 0 fully saturated rings. The van der Waals surface area contributed by atoms with Crippen LogP contribution in [0, 0.1) is 6.85 Å². The second-order valence-corrected chi connectivity index (χ2v) is 14.4. The Morgan fingerprint density at radius 2 is 1.38 bits per heavy atom. The summed E-state index contributed by atoms with van der Waals surface area (Å²) < 4.78 is 39.0. The van der Waals surface area contributed by atoms with Crippen molar-refractivity contribution < 1.29 is 12.9 Å². The van der Waals surface area contributed by atoms with E-state index in [1.807, 2.05) is 18.2 Å². The number of aromatic nitrogens is 3. The maximum absolute atomic E-state index is 7.87. The number of hydrogen-bond acceptors (Lipinski definition) is 4. The smallest absolute Gasteiger partial charge is 0.228 e. The highest BCUT2D eigenvalue weighted by Crippen LogP contribution is 2.44. The number of aryl methyl sites for hydroxylation is 1. The topological polar surface area (TPSA) is 57.0 Å². The van der Waals surface area contributed by atoms with Crippen molar-refractivity contribution in [2.45, 2.75) is 46.4 Å². The third-order valence-electron chi connectivity index (χ3n) is 10.4. The van der Waals surface area contributed by atoms with E-state index in [1.165, 1.54) is 22.3 Å². The van der Waals surface area contributed by atoms with E-state index in [2.05, 4.69) is 117 Å². The van der Waals surface area contributed by atoms with E-state index in [0.717, 1.165) is 55.0 Å². The summed E-state index contributed by atoms with van der Waals surface area (Å²) >= 11 is 0. The summed E-state index contributed by atoms with van der Waals surface area (Å²) in [6, 6.07) is 41.2. The second-order valence-electron chi connectivity index (χ2n) is 14.4. The molecule has 10 rings (SSSR count). The average Bonchev–Trinajstić information content (AvgIpc) is 3.87. The first kappa shape index (κ1) is 27.5. The lowest BCUT2D eigenvalue weighted by Gasteiger charge is -2.24. The summed E-state index contributed by atoms with van der Waals surface area (Å²) in [5.74, 6) is 1.21. The zero-order valence-electron chi connectivity index (χ0n) is 32.4. The van der Waals surface area contributed by atoms with Crippen LogP contribution in [0.15, 0.2) is 130 Å². The van der Waals surface area contributed by atoms with Crippen molar-refractivity contribution in [3.8, 4) is 28.2 Å². The first-order chi connectivity index (χ1) is 26.5. The summed E-state index contributed by atoms with van der Waals surface area (Å²) in [5.41, 5.74) is 11.9. The molecular formula is C47H37N3O2. The SMILES string of the molecule is [2H]C([2H])([2H])c1ccc2c(c1)oc1cc3c(nc12)oc1c(-c2nc4ccc5ccccc5c4n2-c2c(C(C)C)cc(-c4ccccc4)cc2C(C)C)cccc13. The van der Waals surface area contributed by atoms with Gasteiger partial charge in [-0.05, 0) is 94.4 Å². The number of nitrogens with zero attached hydrogens (tertiary/aromatic N) is 3. The monoisotopic (exact) mass is 678 g/mol. The Labute approximate surface area is 305 Å². The first-order valence-electron chi connectivity index (χ1n) is 19.4. The molecule has 252 valence electrons. The number of rotatable bonds is 5. The van der Waals surface area contributed by atoms with Gasteiger partial charge in [-0.25, -0.2) is 9.97 Å². The molecule has 0 aliphatic heterocycles. The van der Waals surface area contributed by atoms with E-state index in [0.29, 0.717) is 28.0 Å². The Kier molecular flexibility index (Phi) is 6.04. The molecule has 0 saturated carbocycles. The van der Waals surface area contributed by atoms with Crippen LogP contribution in [-0.2, 0) is 0 Å². The Balaban J connectivity index is 1.28. The number of imidazole rings is 1. The molecule has 0 bridgehead atoms. The zero-order valence-corrected chi connectivity index (χ0v) is 29.4. The highest BCUT2D eigenvalue weighted by atomic mass is 16.3. The van der Waals surface area contributed by atoms with Crippen LogP contribution in [0.3, 0.4) is 0 Å². The van der Waals surface area contributed by atoms with Gasteiger partial charge in [0.1, 0.15) is 22.5 Å². The zero-order chi connectivity index (χ0) is 37.7. The molecule has 0 radical (unpaired) electrons. The van der Waals surface area contributed by atoms with Crippen LogP contribution >= 0.6 is 0 Å². The van der Waals surface area contributed by atoms with Crippen molar-refractivity contribution in [1.29, 1.82) is 0 Å². The molecule has 0 saturated heterocycles. The molecule has 0 unspecified atom stereocenters. The molecule has 52 heavy (non-hydrogen) atoms. The van der Waals surface area contributed by atoms with Gasteiger partial charge in [0.25, 0.3) is 0 Å². The predicted molar refractivity (Wildman–Crippen MR) is 215 cm³/mol. The van der Waals surface area contributed by atoms with Gasteiger partial charge in [-0.1, -0.05) is 107 Å². The van der Waals surface area contributed by atoms with Gasteiger partial charge in [0.2, 0.25) is 5.71 Å². The summed E-state index contributed by atoms with van der Waals surface area (Å²) in [4.78, 5) is 10.4. The predicted octanol–water partition coefficient (Wildman–Crippen LogP) is 13.3. The summed E-state index contributed by atoms with van der Waals surface area (Å²) in [6.45, 7) is 6.83. The lowest BCUT2D eigenvalue weighted by molar-refractivity contribution is 0.652. The van der Waals surface area contributed by atoms with Crippen LogP contribution in [0.1, 0.15) is 60.3 Å². The number of pyridine rings is 1. The van der Waals surface area contributed by atoms with Gasteiger partial charge >= 0.3 is 0 Å². The molecule has 0 aliphatic rings. The number of fused-ring (bicyclic) bond motifs is 9. The van der Waals surface area contributed by atoms with Crippen LogP contribution in [0.25, 0.3) is 94.1 Å². The van der Waals surface area contributed by atoms with Crippen molar-refractivity contribution in [1.82, 2.24) is 14.5 Å². The van der Waals surface area contributed by atoms with Gasteiger partial charge < -0.3 is 8.83 Å². The lowest BCUT2D eigenvalue weighted by atomic mass is 9.88. The average molecular weight is 679 g/mol. The normalized spacial score (nSPS) is 13.4. The van der Waals surface area contributed by atoms with E-state index in [4.69, 9.17) is 22.9 Å². The first-order valence-corrected chi connectivity index (χ1v) is 17.9. The van der Waals surface area contributed by atoms with E-state index < -0.39 is 6.85 Å². The fourth-order valence-corrected chi connectivity index (χ4v) is 7.93. The molecule has 0 aliphatic carbocycles. The molecular weight excluding hydrogens is 639 g/mol. The number of furan rings is 2. The molecule has 4 heterocycles. The van der Waals surface area contributed by atoms with Crippen LogP contribution in [0.5, 0.6) is 0 Å². The van der Waals surface area contributed by atoms with Gasteiger partial charge in [0, 0.05) is 20.3 Å². The molecule has 6 aromatic carbocycles. The van der Waals surface area contributed by atoms with Gasteiger partial charge in [-0.3, -0.25) is 4.57 Å². The standard InChI is InChI=1S/C47H37N3O2/c1-26(2)36-23-31(29-12-7-6-8-13-29)24-37(27(3)4)43(36)50-44-32-15-10-9-14-30(32)19-21-39(44)48-46(50)35-17-11-16-33-38-25-41-42(49-47(38)52-45(33)35)34-20-18-28(5)22-40(34)51-41/h6-27H,1-5H3/i5D3. The molecule has 4 aromatic heterocycles. The van der Waals surface area contributed by atoms with Crippen molar-refractivity contribution in [2.24, 2.45) is 0 Å². The number of hydrogen-bond donors (Lipinski definition) is 0. The van der Waals surface area contributed by atoms with Crippen molar-refractivity contribution in [2.75, 3.05) is 0 Å². The Morgan fingerprint density at radius 3 is 2.17 bits per heavy atom. The lowest BCUT2D eigenvalue weighted by Crippen LogP contribution is -2.09. The van der Waals surface area contributed by atoms with Crippen LogP contribution in [-0.4, -0.2) is 14.5 Å². The number of benzene rings is 6. The fourth-order valence-electron chi connectivity index (χ4n) is 7.93. The van der Waals surface area contributed by atoms with Crippen molar-refractivity contribution >= 4 is 65.9 Å². The molecule has 0 N–H and O–H groups in total. The van der Waals surface area contributed by atoms with Crippen LogP contribution in [0.4, 0.5) is 0 Å². The third-order valence-corrected chi connectivity index (χ3v) is 10.4. The quantitative estimate of drug-likeness (QED) is 0.182. The van der Waals surface area contributed by atoms with Gasteiger partial charge in [-0.2, -0.15) is 0 Å². The van der Waals surface area contributed by atoms with E-state index in [9.17, 15) is 0 Å². The third kappa shape index (κ3) is 4.55. The van der Waals surface area contributed by atoms with Crippen LogP contribution in [0.2, 0.25) is 0 Å². The summed E-state index contributed by atoms with van der Waals surface area (Å²) in [5, 5.41) is 4.71. The van der Waals surface area contributed by atoms with Gasteiger partial charge in [-0.15, -0.1) is 0 Å². The van der Waals surface area contributed by atoms with Gasteiger partial charge in [0.15, 0.2) is 5.58 Å². The van der Waals surface area contributed by atoms with E-state index in [-0.39, 0.29) is 17.4 Å². The van der Waals surface area contributed by atoms with E-state index in [1.54, 1.807) is 18.2 Å². The van der Waals surface area contributed by atoms with Crippen molar-refractivity contribution in [3.05, 3.63) is 138 Å². The highest BCUT2D eigenvalue weighted by Gasteiger charge is 2.27. The minimum absolute atomic E-state index is 0.212. The Hall–Kier alpha value is -6.20. The molecule has 5 nitrogen and oxygen atoms in total. The largest absolute Gasteiger partial charge is 0.454 e. The molecule has 0 atom stereocenters. The fraction of sp³-hybridized carbons (Fsp3) is 0.149. The van der Waals surface area contributed by atoms with Crippen molar-refractivity contribution in [3.63, 3.8) is 0 Å². The van der Waals surface area contributed by atoms with E-state index >= 15 is 0 Å². The summed E-state index contributed by atoms with van der Waals surface area (Å²) in [6.07, 6.45) is 0.